The summed E-state index contributed by atoms with van der Waals surface area (Å²) < 4.78 is 33.8. The van der Waals surface area contributed by atoms with Gasteiger partial charge >= 0.3 is 0 Å². The minimum Gasteiger partial charge on any atom is -0.497 e. The normalized spacial score (nSPS) is 21.6. The van der Waals surface area contributed by atoms with E-state index in [1.54, 1.807) is 18.2 Å². The van der Waals surface area contributed by atoms with Gasteiger partial charge in [0.15, 0.2) is 9.84 Å². The van der Waals surface area contributed by atoms with Gasteiger partial charge in [-0.2, -0.15) is 5.10 Å². The average Bonchev–Trinajstić information content (AvgIpc) is 3.01. The van der Waals surface area contributed by atoms with E-state index in [2.05, 4.69) is 10.4 Å². The third-order valence-corrected chi connectivity index (χ3v) is 6.28. The molecule has 2 amide bonds. The SMILES string of the molecule is COc1ccc(OC)c(NC(=O)C2=NN([C@H]3CCS(=O)(=O)C3)C(=O)CC2)c1. The molecule has 1 saturated heterocycles. The molecule has 1 atom stereocenters. The number of hydrogen-bond acceptors (Lipinski definition) is 7. The van der Waals surface area contributed by atoms with E-state index in [9.17, 15) is 18.0 Å². The number of ether oxygens (including phenoxy) is 2. The van der Waals surface area contributed by atoms with Crippen LogP contribution in [0.25, 0.3) is 0 Å². The number of carbonyl (C=O) groups excluding carboxylic acids is 2. The minimum atomic E-state index is -3.17. The van der Waals surface area contributed by atoms with Crippen molar-refractivity contribution in [1.29, 1.82) is 0 Å². The van der Waals surface area contributed by atoms with Crippen molar-refractivity contribution >= 4 is 33.1 Å². The third kappa shape index (κ3) is 4.21. The van der Waals surface area contributed by atoms with E-state index < -0.39 is 21.8 Å². The van der Waals surface area contributed by atoms with Crippen molar-refractivity contribution < 1.29 is 27.5 Å². The predicted octanol–water partition coefficient (Wildman–Crippen LogP) is 0.808. The molecule has 0 radical (unpaired) electrons. The molecule has 0 saturated carbocycles. The lowest BCUT2D eigenvalue weighted by Crippen LogP contribution is -2.42. The molecule has 1 fully saturated rings. The van der Waals surface area contributed by atoms with Gasteiger partial charge in [-0.15, -0.1) is 0 Å². The zero-order valence-electron chi connectivity index (χ0n) is 15.1. The summed E-state index contributed by atoms with van der Waals surface area (Å²) in [6, 6.07) is 4.47. The number of hydrogen-bond donors (Lipinski definition) is 1. The van der Waals surface area contributed by atoms with Crippen LogP contribution in [0.5, 0.6) is 11.5 Å². The quantitative estimate of drug-likeness (QED) is 0.789. The van der Waals surface area contributed by atoms with Crippen LogP contribution in [0.3, 0.4) is 0 Å². The van der Waals surface area contributed by atoms with Crippen LogP contribution in [0, 0.1) is 0 Å². The van der Waals surface area contributed by atoms with Gasteiger partial charge in [-0.05, 0) is 18.6 Å². The fraction of sp³-hybridized carbons (Fsp3) is 0.471. The molecule has 2 heterocycles. The highest BCUT2D eigenvalue weighted by Gasteiger charge is 2.37. The lowest BCUT2D eigenvalue weighted by molar-refractivity contribution is -0.133. The Morgan fingerprint density at radius 2 is 2.04 bits per heavy atom. The summed E-state index contributed by atoms with van der Waals surface area (Å²) >= 11 is 0. The topological polar surface area (TPSA) is 114 Å². The van der Waals surface area contributed by atoms with Gasteiger partial charge in [-0.1, -0.05) is 0 Å². The van der Waals surface area contributed by atoms with E-state index >= 15 is 0 Å². The molecule has 0 aliphatic carbocycles. The summed E-state index contributed by atoms with van der Waals surface area (Å²) in [5.41, 5.74) is 0.584. The lowest BCUT2D eigenvalue weighted by atomic mass is 10.1. The molecule has 9 nitrogen and oxygen atoms in total. The van der Waals surface area contributed by atoms with Gasteiger partial charge < -0.3 is 14.8 Å². The fourth-order valence-corrected chi connectivity index (χ4v) is 4.79. The highest BCUT2D eigenvalue weighted by molar-refractivity contribution is 7.91. The number of rotatable bonds is 5. The Morgan fingerprint density at radius 1 is 1.26 bits per heavy atom. The van der Waals surface area contributed by atoms with Crippen LogP contribution in [-0.4, -0.2) is 62.7 Å². The van der Waals surface area contributed by atoms with Gasteiger partial charge in [0.2, 0.25) is 5.91 Å². The van der Waals surface area contributed by atoms with E-state index in [0.29, 0.717) is 23.6 Å². The molecule has 0 aromatic heterocycles. The van der Waals surface area contributed by atoms with E-state index in [1.807, 2.05) is 0 Å². The molecule has 27 heavy (non-hydrogen) atoms. The molecule has 2 aliphatic rings. The van der Waals surface area contributed by atoms with Crippen LogP contribution in [0.2, 0.25) is 0 Å². The number of nitrogens with one attached hydrogen (secondary N) is 1. The summed E-state index contributed by atoms with van der Waals surface area (Å²) in [5.74, 6) is 0.160. The molecule has 2 aliphatic heterocycles. The summed E-state index contributed by atoms with van der Waals surface area (Å²) in [4.78, 5) is 24.8. The number of nitrogens with zero attached hydrogens (tertiary/aromatic N) is 2. The summed E-state index contributed by atoms with van der Waals surface area (Å²) in [6.07, 6.45) is 0.626. The number of methoxy groups -OCH3 is 2. The molecular formula is C17H21N3O6S. The highest BCUT2D eigenvalue weighted by Crippen LogP contribution is 2.29. The zero-order chi connectivity index (χ0) is 19.6. The maximum atomic E-state index is 12.6. The maximum absolute atomic E-state index is 12.6. The first-order valence-corrected chi connectivity index (χ1v) is 10.3. The molecule has 0 spiro atoms. The predicted molar refractivity (Wildman–Crippen MR) is 98.7 cm³/mol. The van der Waals surface area contributed by atoms with Gasteiger partial charge in [0.05, 0.1) is 37.5 Å². The first-order valence-electron chi connectivity index (χ1n) is 8.46. The Morgan fingerprint density at radius 3 is 2.67 bits per heavy atom. The van der Waals surface area contributed by atoms with Gasteiger partial charge in [0.25, 0.3) is 5.91 Å². The number of benzene rings is 1. The van der Waals surface area contributed by atoms with Crippen molar-refractivity contribution in [1.82, 2.24) is 5.01 Å². The van der Waals surface area contributed by atoms with E-state index in [0.717, 1.165) is 5.01 Å². The Hall–Kier alpha value is -2.62. The summed E-state index contributed by atoms with van der Waals surface area (Å²) in [6.45, 7) is 0. The molecule has 1 N–H and O–H groups in total. The molecule has 146 valence electrons. The van der Waals surface area contributed by atoms with Crippen LogP contribution in [0.15, 0.2) is 23.3 Å². The maximum Gasteiger partial charge on any atom is 0.271 e. The van der Waals surface area contributed by atoms with Gasteiger partial charge in [-0.25, -0.2) is 13.4 Å². The van der Waals surface area contributed by atoms with Crippen molar-refractivity contribution in [2.75, 3.05) is 31.0 Å². The van der Waals surface area contributed by atoms with Crippen LogP contribution >= 0.6 is 0 Å². The summed E-state index contributed by atoms with van der Waals surface area (Å²) in [5, 5.41) is 8.03. The molecule has 0 bridgehead atoms. The Balaban J connectivity index is 1.80. The Kier molecular flexibility index (Phi) is 5.36. The first-order chi connectivity index (χ1) is 12.8. The van der Waals surface area contributed by atoms with Crippen molar-refractivity contribution in [2.45, 2.75) is 25.3 Å². The van der Waals surface area contributed by atoms with Crippen LogP contribution in [-0.2, 0) is 19.4 Å². The number of hydrazone groups is 1. The average molecular weight is 395 g/mol. The van der Waals surface area contributed by atoms with Gasteiger partial charge in [0.1, 0.15) is 17.2 Å². The van der Waals surface area contributed by atoms with Crippen LogP contribution < -0.4 is 14.8 Å². The standard InChI is InChI=1S/C17H21N3O6S/c1-25-12-3-5-15(26-2)14(9-12)18-17(22)13-4-6-16(21)20(19-13)11-7-8-27(23,24)10-11/h3,5,9,11H,4,6-8,10H2,1-2H3,(H,18,22)/t11-/m0/s1. The molecule has 1 aromatic rings. The third-order valence-electron chi connectivity index (χ3n) is 4.53. The highest BCUT2D eigenvalue weighted by atomic mass is 32.2. The smallest absolute Gasteiger partial charge is 0.271 e. The Bertz CT molecular complexity index is 896. The fourth-order valence-electron chi connectivity index (χ4n) is 3.09. The van der Waals surface area contributed by atoms with Gasteiger partial charge in [-0.3, -0.25) is 9.59 Å². The minimum absolute atomic E-state index is 0.0273. The second kappa shape index (κ2) is 7.55. The van der Waals surface area contributed by atoms with E-state index in [-0.39, 0.29) is 36.0 Å². The number of amides is 2. The van der Waals surface area contributed by atoms with Crippen LogP contribution in [0.4, 0.5) is 5.69 Å². The zero-order valence-corrected chi connectivity index (χ0v) is 15.9. The van der Waals surface area contributed by atoms with Crippen molar-refractivity contribution in [3.63, 3.8) is 0 Å². The largest absolute Gasteiger partial charge is 0.497 e. The Labute approximate surface area is 157 Å². The first kappa shape index (κ1) is 19.2. The second-order valence-electron chi connectivity index (χ2n) is 6.36. The summed E-state index contributed by atoms with van der Waals surface area (Å²) in [7, 11) is -0.171. The monoisotopic (exact) mass is 395 g/mol. The molecule has 1 aromatic carbocycles. The second-order valence-corrected chi connectivity index (χ2v) is 8.59. The van der Waals surface area contributed by atoms with E-state index in [4.69, 9.17) is 9.47 Å². The molecule has 0 unspecified atom stereocenters. The van der Waals surface area contributed by atoms with Gasteiger partial charge in [0, 0.05) is 18.9 Å². The number of sulfone groups is 1. The van der Waals surface area contributed by atoms with Crippen molar-refractivity contribution in [3.05, 3.63) is 18.2 Å². The number of carbonyl (C=O) groups is 2. The molecular weight excluding hydrogens is 374 g/mol. The van der Waals surface area contributed by atoms with E-state index in [1.165, 1.54) is 14.2 Å². The molecule has 3 rings (SSSR count). The molecule has 10 heteroatoms. The number of anilines is 1. The lowest BCUT2D eigenvalue weighted by Gasteiger charge is -2.27. The van der Waals surface area contributed by atoms with Crippen molar-refractivity contribution in [3.8, 4) is 11.5 Å². The van der Waals surface area contributed by atoms with Crippen LogP contribution in [0.1, 0.15) is 19.3 Å². The van der Waals surface area contributed by atoms with Crippen molar-refractivity contribution in [2.24, 2.45) is 5.10 Å².